The Hall–Kier alpha value is -3.71. The molecule has 1 atom stereocenters. The van der Waals surface area contributed by atoms with E-state index in [0.29, 0.717) is 12.5 Å². The van der Waals surface area contributed by atoms with Crippen LogP contribution in [0.4, 0.5) is 5.82 Å². The summed E-state index contributed by atoms with van der Waals surface area (Å²) in [5.74, 6) is 1.39. The number of likely N-dealkylation sites (tertiary alicyclic amines) is 1. The topological polar surface area (TPSA) is 58.4 Å². The van der Waals surface area contributed by atoms with E-state index >= 15 is 0 Å². The van der Waals surface area contributed by atoms with Gasteiger partial charge in [-0.1, -0.05) is 42.5 Å². The molecule has 0 amide bonds. The molecule has 1 aliphatic rings. The van der Waals surface area contributed by atoms with Crippen molar-refractivity contribution in [3.8, 4) is 0 Å². The van der Waals surface area contributed by atoms with Gasteiger partial charge in [-0.3, -0.25) is 9.88 Å². The second-order valence-electron chi connectivity index (χ2n) is 9.60. The Balaban J connectivity index is 1.23. The van der Waals surface area contributed by atoms with Gasteiger partial charge >= 0.3 is 0 Å². The fourth-order valence-corrected chi connectivity index (χ4v) is 5.16. The van der Waals surface area contributed by atoms with Crippen molar-refractivity contribution in [1.29, 1.82) is 0 Å². The van der Waals surface area contributed by atoms with Gasteiger partial charge in [0.25, 0.3) is 0 Å². The third kappa shape index (κ3) is 4.64. The Morgan fingerprint density at radius 2 is 1.89 bits per heavy atom. The highest BCUT2D eigenvalue weighted by atomic mass is 15.3. The molecule has 1 saturated heterocycles. The summed E-state index contributed by atoms with van der Waals surface area (Å²) in [7, 11) is 2.08. The quantitative estimate of drug-likeness (QED) is 0.393. The molecule has 1 aliphatic heterocycles. The van der Waals surface area contributed by atoms with Crippen LogP contribution in [0.5, 0.6) is 0 Å². The molecule has 0 saturated carbocycles. The van der Waals surface area contributed by atoms with E-state index in [1.807, 2.05) is 23.0 Å². The summed E-state index contributed by atoms with van der Waals surface area (Å²) >= 11 is 0. The van der Waals surface area contributed by atoms with Gasteiger partial charge in [0.2, 0.25) is 0 Å². The fraction of sp³-hybridized carbons (Fsp3) is 0.250. The predicted molar refractivity (Wildman–Crippen MR) is 144 cm³/mol. The number of pyridine rings is 1. The first-order valence-electron chi connectivity index (χ1n) is 12.4. The van der Waals surface area contributed by atoms with Crippen LogP contribution in [-0.4, -0.2) is 45.4 Å². The molecule has 6 nitrogen and oxygen atoms in total. The minimum absolute atomic E-state index is 0.405. The lowest BCUT2D eigenvalue weighted by atomic mass is 9.93. The summed E-state index contributed by atoms with van der Waals surface area (Å²) in [6.07, 6.45) is 7.94. The second-order valence-corrected chi connectivity index (χ2v) is 9.60. The van der Waals surface area contributed by atoms with Gasteiger partial charge < -0.3 is 5.32 Å². The Morgan fingerprint density at radius 3 is 2.77 bits per heavy atom. The summed E-state index contributed by atoms with van der Waals surface area (Å²) in [6.45, 7) is 3.82. The number of hydrogen-bond acceptors (Lipinski definition) is 5. The molecule has 5 aromatic rings. The van der Waals surface area contributed by atoms with Crippen molar-refractivity contribution >= 4 is 35.5 Å². The van der Waals surface area contributed by atoms with Crippen molar-refractivity contribution in [3.63, 3.8) is 0 Å². The maximum atomic E-state index is 5.08. The normalized spacial score (nSPS) is 16.6. The molecule has 1 unspecified atom stereocenters. The number of fused-ring (bicyclic) bond motifs is 2. The van der Waals surface area contributed by atoms with Crippen molar-refractivity contribution in [2.45, 2.75) is 31.8 Å². The van der Waals surface area contributed by atoms with Gasteiger partial charge in [-0.2, -0.15) is 9.61 Å². The minimum atomic E-state index is 0.405. The zero-order valence-electron chi connectivity index (χ0n) is 20.1. The summed E-state index contributed by atoms with van der Waals surface area (Å²) in [5.41, 5.74) is 5.70. The molecule has 1 N–H and O–H groups in total. The number of anilines is 1. The lowest BCUT2D eigenvalue weighted by molar-refractivity contribution is 0.198. The number of aromatic nitrogens is 4. The maximum absolute atomic E-state index is 5.08. The van der Waals surface area contributed by atoms with Gasteiger partial charge in [-0.05, 0) is 58.9 Å². The van der Waals surface area contributed by atoms with E-state index in [0.717, 1.165) is 54.2 Å². The summed E-state index contributed by atoms with van der Waals surface area (Å²) < 4.78 is 1.92. The average Bonchev–Trinajstić information content (AvgIpc) is 3.28. The van der Waals surface area contributed by atoms with Crippen LogP contribution in [0.2, 0.25) is 0 Å². The lowest BCUT2D eigenvalue weighted by Crippen LogP contribution is -2.34. The summed E-state index contributed by atoms with van der Waals surface area (Å²) in [4.78, 5) is 11.9. The Labute approximate surface area is 206 Å². The van der Waals surface area contributed by atoms with Gasteiger partial charge in [-0.15, -0.1) is 0 Å². The third-order valence-corrected chi connectivity index (χ3v) is 7.01. The number of benzene rings is 2. The molecule has 2 aromatic carbocycles. The largest absolute Gasteiger partial charge is 0.366 e. The van der Waals surface area contributed by atoms with E-state index < -0.39 is 0 Å². The standard InChI is InChI=1S/C28H29BN6/c29-25-17-32-35-27(31-16-21-5-3-11-30-15-21)14-26(33-28(25)35)24-8-4-12-34(19-24)18-20-9-10-22-6-1-2-7-23(22)13-20/h1-3,5-7,9-11,13-15,17,24,31H,4,8,12,16,18-19,29H2. The van der Waals surface area contributed by atoms with Crippen LogP contribution >= 0.6 is 0 Å². The second kappa shape index (κ2) is 9.51. The number of rotatable bonds is 6. The van der Waals surface area contributed by atoms with Crippen LogP contribution in [0.15, 0.2) is 79.3 Å². The number of piperidine rings is 1. The number of hydrogen-bond donors (Lipinski definition) is 1. The molecule has 1 fully saturated rings. The first-order chi connectivity index (χ1) is 17.2. The fourth-order valence-electron chi connectivity index (χ4n) is 5.16. The monoisotopic (exact) mass is 460 g/mol. The third-order valence-electron chi connectivity index (χ3n) is 7.01. The molecule has 0 radical (unpaired) electrons. The van der Waals surface area contributed by atoms with Gasteiger partial charge in [0.05, 0.1) is 5.69 Å². The van der Waals surface area contributed by atoms with Gasteiger partial charge in [0.1, 0.15) is 13.7 Å². The molecule has 174 valence electrons. The van der Waals surface area contributed by atoms with E-state index in [1.165, 1.54) is 22.8 Å². The van der Waals surface area contributed by atoms with Crippen LogP contribution in [-0.2, 0) is 13.1 Å². The highest BCUT2D eigenvalue weighted by molar-refractivity contribution is 6.36. The SMILES string of the molecule is Bc1cnn2c(NCc3cccnc3)cc(C3CCCN(Cc4ccc5ccccc5c4)C3)nc12. The molecule has 35 heavy (non-hydrogen) atoms. The van der Waals surface area contributed by atoms with Crippen molar-refractivity contribution in [2.75, 3.05) is 18.4 Å². The molecule has 4 heterocycles. The molecule has 3 aromatic heterocycles. The molecule has 0 spiro atoms. The number of nitrogens with one attached hydrogen (secondary N) is 1. The van der Waals surface area contributed by atoms with Crippen molar-refractivity contribution in [2.24, 2.45) is 0 Å². The van der Waals surface area contributed by atoms with Gasteiger partial charge in [0.15, 0.2) is 5.65 Å². The highest BCUT2D eigenvalue weighted by Gasteiger charge is 2.24. The molecule has 6 rings (SSSR count). The van der Waals surface area contributed by atoms with Gasteiger partial charge in [0, 0.05) is 50.2 Å². The first-order valence-corrected chi connectivity index (χ1v) is 12.4. The lowest BCUT2D eigenvalue weighted by Gasteiger charge is -2.32. The van der Waals surface area contributed by atoms with Crippen LogP contribution in [0.1, 0.15) is 35.6 Å². The van der Waals surface area contributed by atoms with E-state index in [4.69, 9.17) is 4.98 Å². The Morgan fingerprint density at radius 1 is 0.971 bits per heavy atom. The smallest absolute Gasteiger partial charge is 0.151 e. The number of nitrogens with zero attached hydrogens (tertiary/aromatic N) is 5. The van der Waals surface area contributed by atoms with Crippen molar-refractivity contribution in [3.05, 3.63) is 96.1 Å². The Bertz CT molecular complexity index is 1460. The summed E-state index contributed by atoms with van der Waals surface area (Å²) in [6, 6.07) is 21.7. The minimum Gasteiger partial charge on any atom is -0.366 e. The van der Waals surface area contributed by atoms with Gasteiger partial charge in [-0.25, -0.2) is 4.98 Å². The van der Waals surface area contributed by atoms with Crippen LogP contribution in [0.25, 0.3) is 16.4 Å². The van der Waals surface area contributed by atoms with Crippen molar-refractivity contribution < 1.29 is 0 Å². The van der Waals surface area contributed by atoms with E-state index in [-0.39, 0.29) is 0 Å². The molecular weight excluding hydrogens is 431 g/mol. The zero-order valence-corrected chi connectivity index (χ0v) is 20.1. The van der Waals surface area contributed by atoms with Crippen LogP contribution in [0.3, 0.4) is 0 Å². The molecule has 7 heteroatoms. The van der Waals surface area contributed by atoms with E-state index in [1.54, 1.807) is 6.20 Å². The van der Waals surface area contributed by atoms with E-state index in [9.17, 15) is 0 Å². The van der Waals surface area contributed by atoms with Crippen LogP contribution < -0.4 is 10.8 Å². The molecule has 0 bridgehead atoms. The Kier molecular flexibility index (Phi) is 5.92. The molecule has 0 aliphatic carbocycles. The van der Waals surface area contributed by atoms with Crippen LogP contribution in [0, 0.1) is 0 Å². The van der Waals surface area contributed by atoms with Crippen molar-refractivity contribution in [1.82, 2.24) is 24.5 Å². The predicted octanol–water partition coefficient (Wildman–Crippen LogP) is 3.53. The molecular formula is C28H29BN6. The maximum Gasteiger partial charge on any atom is 0.151 e. The highest BCUT2D eigenvalue weighted by Crippen LogP contribution is 2.29. The average molecular weight is 460 g/mol. The summed E-state index contributed by atoms with van der Waals surface area (Å²) in [5, 5.41) is 10.8. The zero-order chi connectivity index (χ0) is 23.6. The van der Waals surface area contributed by atoms with E-state index in [2.05, 4.69) is 82.7 Å². The first kappa shape index (κ1) is 21.8.